The van der Waals surface area contributed by atoms with Crippen LogP contribution in [-0.2, 0) is 0 Å². The summed E-state index contributed by atoms with van der Waals surface area (Å²) >= 11 is 0. The summed E-state index contributed by atoms with van der Waals surface area (Å²) in [5, 5.41) is 0. The van der Waals surface area contributed by atoms with Crippen LogP contribution in [0.25, 0.3) is 0 Å². The molecule has 0 aromatic heterocycles. The Morgan fingerprint density at radius 3 is 1.61 bits per heavy atom. The summed E-state index contributed by atoms with van der Waals surface area (Å²) in [6.45, 7) is 11.2. The van der Waals surface area contributed by atoms with Crippen molar-refractivity contribution in [1.29, 1.82) is 0 Å². The molecule has 2 aliphatic carbocycles. The van der Waals surface area contributed by atoms with Crippen LogP contribution in [0.5, 0.6) is 0 Å². The molecule has 0 aromatic rings. The Bertz CT molecular complexity index is 319. The van der Waals surface area contributed by atoms with Gasteiger partial charge in [-0.3, -0.25) is 0 Å². The Labute approximate surface area is 141 Å². The Morgan fingerprint density at radius 2 is 1.22 bits per heavy atom. The van der Waals surface area contributed by atoms with E-state index < -0.39 is 12.1 Å². The first kappa shape index (κ1) is 20.8. The van der Waals surface area contributed by atoms with Crippen molar-refractivity contribution < 1.29 is 13.2 Å². The second-order valence-corrected chi connectivity index (χ2v) is 8.69. The summed E-state index contributed by atoms with van der Waals surface area (Å²) in [6, 6.07) is 0. The van der Waals surface area contributed by atoms with E-state index in [-0.39, 0.29) is 5.92 Å². The van der Waals surface area contributed by atoms with E-state index in [2.05, 4.69) is 20.8 Å². The molecule has 0 aliphatic heterocycles. The van der Waals surface area contributed by atoms with Gasteiger partial charge in [0.1, 0.15) is 0 Å². The maximum Gasteiger partial charge on any atom is 0.391 e. The molecule has 0 spiro atoms. The average molecular weight is 335 g/mol. The maximum absolute atomic E-state index is 12.4. The Kier molecular flexibility index (Phi) is 8.44. The van der Waals surface area contributed by atoms with Gasteiger partial charge in [-0.1, -0.05) is 66.7 Å². The topological polar surface area (TPSA) is 0 Å². The molecule has 0 aromatic carbocycles. The average Bonchev–Trinajstić information content (AvgIpc) is 2.47. The van der Waals surface area contributed by atoms with Crippen molar-refractivity contribution in [3.8, 4) is 0 Å². The van der Waals surface area contributed by atoms with Gasteiger partial charge in [0.05, 0.1) is 5.92 Å². The van der Waals surface area contributed by atoms with Gasteiger partial charge in [0.2, 0.25) is 0 Å². The van der Waals surface area contributed by atoms with Crippen molar-refractivity contribution in [2.24, 2.45) is 35.5 Å². The zero-order chi connectivity index (χ0) is 17.6. The molecule has 2 rings (SSSR count). The van der Waals surface area contributed by atoms with Gasteiger partial charge in [-0.25, -0.2) is 0 Å². The summed E-state index contributed by atoms with van der Waals surface area (Å²) in [4.78, 5) is 0. The lowest BCUT2D eigenvalue weighted by molar-refractivity contribution is -0.186. The number of halogens is 3. The minimum absolute atomic E-state index is 0.278. The Morgan fingerprint density at radius 1 is 0.739 bits per heavy atom. The van der Waals surface area contributed by atoms with Crippen LogP contribution < -0.4 is 0 Å². The molecule has 0 heterocycles. The second kappa shape index (κ2) is 9.32. The summed E-state index contributed by atoms with van der Waals surface area (Å²) in [5.41, 5.74) is 0. The molecule has 3 heteroatoms. The SMILES string of the molecule is CC(C)C1CCC[C@@H](C)C1.CC(C)[C@@H]1CCC[C@H](C(F)(F)F)C1. The molecule has 1 unspecified atom stereocenters. The molecule has 2 saturated carbocycles. The van der Waals surface area contributed by atoms with Crippen LogP contribution in [0.2, 0.25) is 0 Å². The van der Waals surface area contributed by atoms with E-state index in [4.69, 9.17) is 0 Å². The van der Waals surface area contributed by atoms with E-state index in [0.29, 0.717) is 18.8 Å². The van der Waals surface area contributed by atoms with Gasteiger partial charge in [0.25, 0.3) is 0 Å². The first-order chi connectivity index (χ1) is 10.6. The van der Waals surface area contributed by atoms with E-state index in [1.807, 2.05) is 13.8 Å². The van der Waals surface area contributed by atoms with Gasteiger partial charge < -0.3 is 0 Å². The molecule has 0 nitrogen and oxygen atoms in total. The van der Waals surface area contributed by atoms with E-state index in [1.165, 1.54) is 25.7 Å². The molecule has 0 amide bonds. The first-order valence-electron chi connectivity index (χ1n) is 9.68. The van der Waals surface area contributed by atoms with E-state index in [0.717, 1.165) is 30.6 Å². The van der Waals surface area contributed by atoms with Gasteiger partial charge in [0.15, 0.2) is 0 Å². The third kappa shape index (κ3) is 7.47. The zero-order valence-corrected chi connectivity index (χ0v) is 15.8. The van der Waals surface area contributed by atoms with Gasteiger partial charge >= 0.3 is 6.18 Å². The first-order valence-corrected chi connectivity index (χ1v) is 9.68. The van der Waals surface area contributed by atoms with Gasteiger partial charge in [-0.2, -0.15) is 13.2 Å². The summed E-state index contributed by atoms with van der Waals surface area (Å²) in [6.07, 6.45) is 4.37. The van der Waals surface area contributed by atoms with Crippen molar-refractivity contribution in [3.05, 3.63) is 0 Å². The fourth-order valence-electron chi connectivity index (χ4n) is 4.22. The molecule has 2 aliphatic rings. The molecule has 4 atom stereocenters. The molecule has 0 bridgehead atoms. The highest BCUT2D eigenvalue weighted by Gasteiger charge is 2.42. The molecule has 23 heavy (non-hydrogen) atoms. The third-order valence-corrected chi connectivity index (χ3v) is 6.04. The van der Waals surface area contributed by atoms with Crippen molar-refractivity contribution in [1.82, 2.24) is 0 Å². The van der Waals surface area contributed by atoms with Gasteiger partial charge in [-0.15, -0.1) is 0 Å². The molecule has 0 radical (unpaired) electrons. The fourth-order valence-corrected chi connectivity index (χ4v) is 4.22. The largest absolute Gasteiger partial charge is 0.391 e. The van der Waals surface area contributed by atoms with Gasteiger partial charge in [-0.05, 0) is 48.9 Å². The normalized spacial score (nSPS) is 32.6. The quantitative estimate of drug-likeness (QED) is 0.491. The highest BCUT2D eigenvalue weighted by molar-refractivity contribution is 4.79. The lowest BCUT2D eigenvalue weighted by Gasteiger charge is -2.32. The lowest BCUT2D eigenvalue weighted by atomic mass is 9.76. The van der Waals surface area contributed by atoms with Gasteiger partial charge in [0, 0.05) is 0 Å². The molecule has 138 valence electrons. The third-order valence-electron chi connectivity index (χ3n) is 6.04. The minimum Gasteiger partial charge on any atom is -0.171 e. The molecular formula is C20H37F3. The summed E-state index contributed by atoms with van der Waals surface area (Å²) < 4.78 is 37.1. The monoisotopic (exact) mass is 334 g/mol. The van der Waals surface area contributed by atoms with Crippen LogP contribution in [0.3, 0.4) is 0 Å². The van der Waals surface area contributed by atoms with Crippen LogP contribution in [0, 0.1) is 35.5 Å². The number of hydrogen-bond donors (Lipinski definition) is 0. The number of hydrogen-bond acceptors (Lipinski definition) is 0. The second-order valence-electron chi connectivity index (χ2n) is 8.69. The van der Waals surface area contributed by atoms with E-state index in [9.17, 15) is 13.2 Å². The highest BCUT2D eigenvalue weighted by atomic mass is 19.4. The van der Waals surface area contributed by atoms with Crippen LogP contribution in [0.4, 0.5) is 13.2 Å². The zero-order valence-electron chi connectivity index (χ0n) is 15.8. The minimum atomic E-state index is -3.96. The predicted molar refractivity (Wildman–Crippen MR) is 92.3 cm³/mol. The molecular weight excluding hydrogens is 297 g/mol. The molecule has 0 N–H and O–H groups in total. The molecule has 0 saturated heterocycles. The lowest BCUT2D eigenvalue weighted by Crippen LogP contribution is -2.30. The predicted octanol–water partition coefficient (Wildman–Crippen LogP) is 7.48. The van der Waals surface area contributed by atoms with E-state index in [1.54, 1.807) is 0 Å². The highest BCUT2D eigenvalue weighted by Crippen LogP contribution is 2.42. The molecule has 2 fully saturated rings. The van der Waals surface area contributed by atoms with Crippen molar-refractivity contribution in [2.75, 3.05) is 0 Å². The standard InChI is InChI=1S/C10H17F3.C10H20/c1-7(2)8-4-3-5-9(6-8)10(11,12)13;1-8(2)10-6-4-5-9(3)7-10/h7-9H,3-6H2,1-2H3;8-10H,4-7H2,1-3H3/t8-,9+;9-,10?/m11/s1. The summed E-state index contributed by atoms with van der Waals surface area (Å²) in [7, 11) is 0. The summed E-state index contributed by atoms with van der Waals surface area (Å²) in [5.74, 6) is 2.59. The smallest absolute Gasteiger partial charge is 0.171 e. The van der Waals surface area contributed by atoms with E-state index >= 15 is 0 Å². The van der Waals surface area contributed by atoms with Crippen molar-refractivity contribution in [2.45, 2.75) is 92.2 Å². The Hall–Kier alpha value is -0.210. The van der Waals surface area contributed by atoms with Crippen LogP contribution >= 0.6 is 0 Å². The number of alkyl halides is 3. The van der Waals surface area contributed by atoms with Crippen molar-refractivity contribution in [3.63, 3.8) is 0 Å². The fraction of sp³-hybridized carbons (Fsp3) is 1.00. The van der Waals surface area contributed by atoms with Crippen LogP contribution in [0.1, 0.15) is 86.0 Å². The Balaban J connectivity index is 0.000000238. The maximum atomic E-state index is 12.4. The van der Waals surface area contributed by atoms with Crippen LogP contribution in [-0.4, -0.2) is 6.18 Å². The van der Waals surface area contributed by atoms with Crippen LogP contribution in [0.15, 0.2) is 0 Å². The number of rotatable bonds is 2. The van der Waals surface area contributed by atoms with Crippen molar-refractivity contribution >= 4 is 0 Å².